The summed E-state index contributed by atoms with van der Waals surface area (Å²) >= 11 is 0. The molecule has 0 aliphatic carbocycles. The monoisotopic (exact) mass is 302 g/mol. The molecule has 6 nitrogen and oxygen atoms in total. The van der Waals surface area contributed by atoms with Crippen molar-refractivity contribution in [1.82, 2.24) is 19.6 Å². The molecule has 3 rings (SSSR count). The second-order valence-electron chi connectivity index (χ2n) is 5.81. The Morgan fingerprint density at radius 1 is 1.50 bits per heavy atom. The van der Waals surface area contributed by atoms with Crippen LogP contribution in [0.5, 0.6) is 0 Å². The van der Waals surface area contributed by atoms with Gasteiger partial charge in [0, 0.05) is 44.0 Å². The van der Waals surface area contributed by atoms with Crippen molar-refractivity contribution in [2.45, 2.75) is 45.1 Å². The first-order chi connectivity index (χ1) is 10.8. The van der Waals surface area contributed by atoms with Gasteiger partial charge in [0.15, 0.2) is 5.69 Å². The topological polar surface area (TPSA) is 64.2 Å². The highest BCUT2D eigenvalue weighted by molar-refractivity contribution is 5.92. The van der Waals surface area contributed by atoms with Crippen LogP contribution in [0.2, 0.25) is 0 Å². The van der Waals surface area contributed by atoms with Crippen molar-refractivity contribution < 1.29 is 9.32 Å². The van der Waals surface area contributed by atoms with E-state index in [9.17, 15) is 4.79 Å². The molecule has 118 valence electrons. The number of carbonyl (C=O) groups is 1. The van der Waals surface area contributed by atoms with Gasteiger partial charge in [-0.1, -0.05) is 18.5 Å². The quantitative estimate of drug-likeness (QED) is 0.852. The van der Waals surface area contributed by atoms with Crippen molar-refractivity contribution in [2.24, 2.45) is 0 Å². The maximum absolute atomic E-state index is 12.4. The first kappa shape index (κ1) is 14.8. The highest BCUT2D eigenvalue weighted by Crippen LogP contribution is 2.26. The molecular weight excluding hydrogens is 280 g/mol. The molecule has 1 unspecified atom stereocenters. The van der Waals surface area contributed by atoms with E-state index < -0.39 is 0 Å². The number of imidazole rings is 1. The summed E-state index contributed by atoms with van der Waals surface area (Å²) in [7, 11) is 0. The summed E-state index contributed by atoms with van der Waals surface area (Å²) in [4.78, 5) is 18.8. The Hall–Kier alpha value is -2.11. The van der Waals surface area contributed by atoms with E-state index in [0.29, 0.717) is 18.2 Å². The highest BCUT2D eigenvalue weighted by Gasteiger charge is 2.28. The van der Waals surface area contributed by atoms with Crippen LogP contribution in [0.1, 0.15) is 54.8 Å². The lowest BCUT2D eigenvalue weighted by molar-refractivity contribution is 0.0692. The first-order valence-corrected chi connectivity index (χ1v) is 8.00. The molecule has 0 N–H and O–H groups in total. The summed E-state index contributed by atoms with van der Waals surface area (Å²) in [5, 5.41) is 3.75. The van der Waals surface area contributed by atoms with Crippen LogP contribution in [-0.4, -0.2) is 38.6 Å². The smallest absolute Gasteiger partial charge is 0.276 e. The van der Waals surface area contributed by atoms with Gasteiger partial charge >= 0.3 is 0 Å². The third-order valence-electron chi connectivity index (χ3n) is 4.23. The lowest BCUT2D eigenvalue weighted by atomic mass is 9.96. The predicted molar refractivity (Wildman–Crippen MR) is 81.5 cm³/mol. The molecule has 3 heterocycles. The maximum atomic E-state index is 12.4. The Kier molecular flexibility index (Phi) is 4.56. The molecule has 2 aromatic rings. The second-order valence-corrected chi connectivity index (χ2v) is 5.81. The van der Waals surface area contributed by atoms with Crippen LogP contribution < -0.4 is 0 Å². The maximum Gasteiger partial charge on any atom is 0.276 e. The van der Waals surface area contributed by atoms with Crippen LogP contribution >= 0.6 is 0 Å². The molecule has 1 amide bonds. The fourth-order valence-electron chi connectivity index (χ4n) is 3.06. The van der Waals surface area contributed by atoms with Gasteiger partial charge in [-0.2, -0.15) is 0 Å². The Morgan fingerprint density at radius 2 is 2.41 bits per heavy atom. The van der Waals surface area contributed by atoms with Gasteiger partial charge in [-0.05, 0) is 19.3 Å². The molecule has 1 atom stereocenters. The van der Waals surface area contributed by atoms with E-state index in [0.717, 1.165) is 38.2 Å². The molecular formula is C16H22N4O2. The summed E-state index contributed by atoms with van der Waals surface area (Å²) in [6.45, 7) is 4.67. The fraction of sp³-hybridized carbons (Fsp3) is 0.562. The normalized spacial score (nSPS) is 18.6. The van der Waals surface area contributed by atoms with Gasteiger partial charge in [0.2, 0.25) is 0 Å². The summed E-state index contributed by atoms with van der Waals surface area (Å²) in [5.41, 5.74) is 0.384. The van der Waals surface area contributed by atoms with E-state index in [1.807, 2.05) is 17.3 Å². The third kappa shape index (κ3) is 3.05. The molecule has 0 saturated carbocycles. The van der Waals surface area contributed by atoms with Crippen molar-refractivity contribution in [2.75, 3.05) is 13.1 Å². The zero-order chi connectivity index (χ0) is 15.4. The van der Waals surface area contributed by atoms with Gasteiger partial charge in [0.1, 0.15) is 12.1 Å². The van der Waals surface area contributed by atoms with Gasteiger partial charge in [0.25, 0.3) is 5.91 Å². The number of unbranched alkanes of at least 4 members (excludes halogenated alkanes) is 1. The molecule has 1 fully saturated rings. The minimum atomic E-state index is -0.0508. The van der Waals surface area contributed by atoms with Crippen molar-refractivity contribution in [1.29, 1.82) is 0 Å². The highest BCUT2D eigenvalue weighted by atomic mass is 16.5. The Bertz CT molecular complexity index is 605. The van der Waals surface area contributed by atoms with E-state index >= 15 is 0 Å². The van der Waals surface area contributed by atoms with Crippen molar-refractivity contribution in [3.05, 3.63) is 36.2 Å². The number of hydrogen-bond acceptors (Lipinski definition) is 4. The van der Waals surface area contributed by atoms with E-state index in [1.165, 1.54) is 12.7 Å². The number of carbonyl (C=O) groups excluding carboxylic acids is 1. The van der Waals surface area contributed by atoms with Gasteiger partial charge in [-0.25, -0.2) is 4.98 Å². The number of piperidine rings is 1. The van der Waals surface area contributed by atoms with Crippen LogP contribution in [0.15, 0.2) is 29.2 Å². The first-order valence-electron chi connectivity index (χ1n) is 8.00. The van der Waals surface area contributed by atoms with Crippen LogP contribution in [0.25, 0.3) is 0 Å². The van der Waals surface area contributed by atoms with Gasteiger partial charge in [-0.15, -0.1) is 0 Å². The summed E-state index contributed by atoms with van der Waals surface area (Å²) < 4.78 is 7.01. The standard InChI is InChI=1S/C16H22N4O2/c1-2-3-8-19-10-7-17-15(19)13-5-4-9-20(12-13)16(21)14-6-11-22-18-14/h6-7,10-11,13H,2-5,8-9,12H2,1H3. The molecule has 22 heavy (non-hydrogen) atoms. The molecule has 1 saturated heterocycles. The van der Waals surface area contributed by atoms with E-state index in [-0.39, 0.29) is 5.91 Å². The van der Waals surface area contributed by atoms with Crippen molar-refractivity contribution >= 4 is 5.91 Å². The van der Waals surface area contributed by atoms with Gasteiger partial charge in [-0.3, -0.25) is 4.79 Å². The molecule has 0 radical (unpaired) electrons. The van der Waals surface area contributed by atoms with Crippen molar-refractivity contribution in [3.63, 3.8) is 0 Å². The largest absolute Gasteiger partial charge is 0.364 e. The average Bonchev–Trinajstić information content (AvgIpc) is 3.23. The number of likely N-dealkylation sites (tertiary alicyclic amines) is 1. The Labute approximate surface area is 130 Å². The number of rotatable bonds is 5. The van der Waals surface area contributed by atoms with Gasteiger partial charge in [0.05, 0.1) is 0 Å². The number of amides is 1. The molecule has 1 aliphatic rings. The van der Waals surface area contributed by atoms with Crippen LogP contribution in [0.4, 0.5) is 0 Å². The lowest BCUT2D eigenvalue weighted by Gasteiger charge is -2.32. The lowest BCUT2D eigenvalue weighted by Crippen LogP contribution is -2.40. The minimum Gasteiger partial charge on any atom is -0.364 e. The number of nitrogens with zero attached hydrogens (tertiary/aromatic N) is 4. The number of aryl methyl sites for hydroxylation is 1. The molecule has 0 bridgehead atoms. The second kappa shape index (κ2) is 6.77. The fourth-order valence-corrected chi connectivity index (χ4v) is 3.06. The van der Waals surface area contributed by atoms with Crippen LogP contribution in [0, 0.1) is 0 Å². The summed E-state index contributed by atoms with van der Waals surface area (Å²) in [6.07, 6.45) is 9.73. The van der Waals surface area contributed by atoms with E-state index in [2.05, 4.69) is 21.6 Å². The van der Waals surface area contributed by atoms with Crippen molar-refractivity contribution in [3.8, 4) is 0 Å². The predicted octanol–water partition coefficient (Wildman–Crippen LogP) is 2.69. The number of aromatic nitrogens is 3. The zero-order valence-corrected chi connectivity index (χ0v) is 12.9. The molecule has 0 spiro atoms. The van der Waals surface area contributed by atoms with Crippen LogP contribution in [-0.2, 0) is 6.54 Å². The summed E-state index contributed by atoms with van der Waals surface area (Å²) in [6, 6.07) is 1.62. The third-order valence-corrected chi connectivity index (χ3v) is 4.23. The molecule has 6 heteroatoms. The average molecular weight is 302 g/mol. The van der Waals surface area contributed by atoms with E-state index in [1.54, 1.807) is 6.07 Å². The number of hydrogen-bond donors (Lipinski definition) is 0. The molecule has 1 aliphatic heterocycles. The SMILES string of the molecule is CCCCn1ccnc1C1CCCN(C(=O)c2ccon2)C1. The van der Waals surface area contributed by atoms with Crippen LogP contribution in [0.3, 0.4) is 0 Å². The van der Waals surface area contributed by atoms with Gasteiger partial charge < -0.3 is 14.0 Å². The Morgan fingerprint density at radius 3 is 3.18 bits per heavy atom. The minimum absolute atomic E-state index is 0.0508. The Balaban J connectivity index is 1.70. The summed E-state index contributed by atoms with van der Waals surface area (Å²) in [5.74, 6) is 1.35. The zero-order valence-electron chi connectivity index (χ0n) is 12.9. The molecule has 2 aromatic heterocycles. The molecule has 0 aromatic carbocycles. The van der Waals surface area contributed by atoms with E-state index in [4.69, 9.17) is 4.52 Å².